The van der Waals surface area contributed by atoms with Gasteiger partial charge >= 0.3 is 15.3 Å². The van der Waals surface area contributed by atoms with E-state index in [9.17, 15) is 4.89 Å². The van der Waals surface area contributed by atoms with E-state index < -0.39 is 22.8 Å². The summed E-state index contributed by atoms with van der Waals surface area (Å²) in [7, 11) is -11.6. The Hall–Kier alpha value is -4.83. The minimum absolute atomic E-state index is 0.212. The third-order valence-corrected chi connectivity index (χ3v) is 16.1. The van der Waals surface area contributed by atoms with Crippen LogP contribution in [0.25, 0.3) is 0 Å². The van der Waals surface area contributed by atoms with E-state index in [1.165, 1.54) is 0 Å². The molecule has 11 heteroatoms. The third kappa shape index (κ3) is 9.10. The smallest absolute Gasteiger partial charge is 0.441 e. The van der Waals surface area contributed by atoms with E-state index in [1.54, 1.807) is 30.4 Å². The average molecular weight is 736 g/mol. The monoisotopic (exact) mass is 735 g/mol. The van der Waals surface area contributed by atoms with E-state index in [2.05, 4.69) is 19.7 Å². The Kier molecular flexibility index (Phi) is 11.6. The number of hydrogen-bond acceptors (Lipinski definition) is 7. The maximum atomic E-state index is 12.8. The van der Waals surface area contributed by atoms with Crippen LogP contribution in [0.15, 0.2) is 185 Å². The van der Waals surface area contributed by atoms with Crippen LogP contribution in [0.1, 0.15) is 22.3 Å². The van der Waals surface area contributed by atoms with Gasteiger partial charge in [-0.25, -0.2) is 0 Å². The predicted molar refractivity (Wildman–Crippen MR) is 210 cm³/mol. The Labute approximate surface area is 300 Å². The molecule has 1 N–H and O–H groups in total. The first kappa shape index (κ1) is 36.0. The molecular formula is C40H40N3O5P3. The maximum absolute atomic E-state index is 12.8. The van der Waals surface area contributed by atoms with Crippen LogP contribution >= 0.6 is 22.8 Å². The number of hydrogen-bond donors (Lipinski definition) is 1. The van der Waals surface area contributed by atoms with Crippen LogP contribution in [0, 0.1) is 0 Å². The van der Waals surface area contributed by atoms with Crippen molar-refractivity contribution in [1.29, 1.82) is 0 Å². The van der Waals surface area contributed by atoms with Gasteiger partial charge in [-0.15, -0.1) is 33.3 Å². The van der Waals surface area contributed by atoms with Gasteiger partial charge < -0.3 is 23.0 Å². The first-order valence-electron chi connectivity index (χ1n) is 16.4. The lowest BCUT2D eigenvalue weighted by Crippen LogP contribution is -2.08. The molecule has 0 amide bonds. The molecule has 3 atom stereocenters. The summed E-state index contributed by atoms with van der Waals surface area (Å²) in [5.41, 5.74) is 3.44. The quantitative estimate of drug-likeness (QED) is 0.0804. The summed E-state index contributed by atoms with van der Waals surface area (Å²) in [5, 5.41) is 0. The second-order valence-electron chi connectivity index (χ2n) is 11.6. The second kappa shape index (κ2) is 16.5. The van der Waals surface area contributed by atoms with Crippen molar-refractivity contribution in [2.24, 2.45) is 13.5 Å². The molecule has 0 bridgehead atoms. The van der Waals surface area contributed by atoms with Gasteiger partial charge in [0.25, 0.3) is 7.43 Å². The molecule has 0 spiro atoms. The van der Waals surface area contributed by atoms with Crippen LogP contribution < -0.4 is 18.1 Å². The van der Waals surface area contributed by atoms with Crippen molar-refractivity contribution in [3.63, 3.8) is 0 Å². The lowest BCUT2D eigenvalue weighted by molar-refractivity contribution is 0.452. The molecule has 1 heterocycles. The highest BCUT2D eigenvalue weighted by Gasteiger charge is 2.44. The Bertz CT molecular complexity index is 2090. The summed E-state index contributed by atoms with van der Waals surface area (Å²) in [6, 6.07) is 41.7. The van der Waals surface area contributed by atoms with Gasteiger partial charge in [-0.1, -0.05) is 121 Å². The highest BCUT2D eigenvalue weighted by atomic mass is 31.3. The molecule has 0 saturated carbocycles. The summed E-state index contributed by atoms with van der Waals surface area (Å²) in [4.78, 5) is 12.8. The molecule has 51 heavy (non-hydrogen) atoms. The van der Waals surface area contributed by atoms with E-state index >= 15 is 0 Å². The summed E-state index contributed by atoms with van der Waals surface area (Å²) >= 11 is 0. The van der Waals surface area contributed by atoms with Crippen molar-refractivity contribution in [1.82, 2.24) is 0 Å². The molecule has 0 fully saturated rings. The Balaban J connectivity index is 1.67. The van der Waals surface area contributed by atoms with Crippen molar-refractivity contribution in [3.05, 3.63) is 194 Å². The van der Waals surface area contributed by atoms with Crippen LogP contribution in [-0.2, 0) is 25.4 Å². The molecule has 5 aromatic rings. The van der Waals surface area contributed by atoms with Crippen molar-refractivity contribution >= 4 is 22.8 Å². The van der Waals surface area contributed by atoms with Gasteiger partial charge in [-0.3, -0.25) is 0 Å². The van der Waals surface area contributed by atoms with Gasteiger partial charge in [-0.2, -0.15) is 0 Å². The van der Waals surface area contributed by atoms with Gasteiger partial charge in [0, 0.05) is 0 Å². The average Bonchev–Trinajstić information content (AvgIpc) is 3.11. The summed E-state index contributed by atoms with van der Waals surface area (Å²) in [6.07, 6.45) is 7.16. The highest BCUT2D eigenvalue weighted by Crippen LogP contribution is 2.78. The van der Waals surface area contributed by atoms with Crippen molar-refractivity contribution < 1.29 is 23.0 Å². The van der Waals surface area contributed by atoms with Crippen molar-refractivity contribution in [2.75, 3.05) is 0 Å². The SMILES string of the molecule is C=CCc1ccccc1OP1(O)=NP(Oc2ccccc2)(Oc2ccccc2CC=C)=NP(Cc2ccccc2)(Oc2ccccc2CC=C)=N1. The molecule has 5 aromatic carbocycles. The van der Waals surface area contributed by atoms with E-state index in [4.69, 9.17) is 31.6 Å². The van der Waals surface area contributed by atoms with Gasteiger partial charge in [0.15, 0.2) is 0 Å². The van der Waals surface area contributed by atoms with Crippen molar-refractivity contribution in [3.8, 4) is 23.0 Å². The molecule has 6 rings (SSSR count). The fraction of sp³-hybridized carbons (Fsp3) is 0.100. The second-order valence-corrected chi connectivity index (χ2v) is 18.1. The molecule has 0 radical (unpaired) electrons. The molecule has 0 aromatic heterocycles. The number of benzene rings is 5. The van der Waals surface area contributed by atoms with E-state index in [-0.39, 0.29) is 6.16 Å². The highest BCUT2D eigenvalue weighted by molar-refractivity contribution is 7.79. The van der Waals surface area contributed by atoms with E-state index in [1.807, 2.05) is 121 Å². The molecule has 0 aliphatic carbocycles. The largest absolute Gasteiger partial charge is 0.457 e. The summed E-state index contributed by atoms with van der Waals surface area (Å²) in [5.74, 6) is 1.90. The van der Waals surface area contributed by atoms with Crippen LogP contribution in [0.2, 0.25) is 0 Å². The van der Waals surface area contributed by atoms with Gasteiger partial charge in [0.2, 0.25) is 0 Å². The summed E-state index contributed by atoms with van der Waals surface area (Å²) < 4.78 is 42.6. The lowest BCUT2D eigenvalue weighted by atomic mass is 10.1. The number of allylic oxidation sites excluding steroid dienone is 3. The zero-order valence-corrected chi connectivity index (χ0v) is 30.8. The summed E-state index contributed by atoms with van der Waals surface area (Å²) in [6.45, 7) is 11.8. The third-order valence-electron chi connectivity index (χ3n) is 7.63. The fourth-order valence-electron chi connectivity index (χ4n) is 5.43. The van der Waals surface area contributed by atoms with Crippen LogP contribution in [0.5, 0.6) is 23.0 Å². The van der Waals surface area contributed by atoms with Gasteiger partial charge in [-0.05, 0) is 71.8 Å². The van der Waals surface area contributed by atoms with E-state index in [0.29, 0.717) is 42.3 Å². The molecule has 0 saturated heterocycles. The lowest BCUT2D eigenvalue weighted by Gasteiger charge is -2.33. The standard InChI is InChI=1S/C40H40N3O5P3/c1-4-19-34-24-13-16-29-38(34)46-49(32-33-22-9-7-10-23-33)41-50(44,47-39-30-17-14-25-35(39)20-5-2)43-51(42-49,45-37-27-11-8-12-28-37)48-40-31-18-15-26-36(40)21-6-3/h4-18,22-31,44H,1-3,19-21,32H2. The minimum atomic E-state index is -4.18. The molecule has 260 valence electrons. The van der Waals surface area contributed by atoms with Crippen molar-refractivity contribution in [2.45, 2.75) is 25.4 Å². The molecule has 1 aliphatic heterocycles. The number of rotatable bonds is 16. The Morgan fingerprint density at radius 2 is 0.941 bits per heavy atom. The van der Waals surface area contributed by atoms with Crippen LogP contribution in [0.4, 0.5) is 0 Å². The molecule has 1 aliphatic rings. The molecular weight excluding hydrogens is 695 g/mol. The van der Waals surface area contributed by atoms with Gasteiger partial charge in [0.05, 0.1) is 6.16 Å². The Morgan fingerprint density at radius 1 is 0.490 bits per heavy atom. The topological polar surface area (TPSA) is 94.2 Å². The first-order valence-corrected chi connectivity index (χ1v) is 21.3. The normalized spacial score (nSPS) is 20.7. The first-order chi connectivity index (χ1) is 24.9. The van der Waals surface area contributed by atoms with Gasteiger partial charge in [0.1, 0.15) is 23.0 Å². The van der Waals surface area contributed by atoms with Crippen LogP contribution in [-0.4, -0.2) is 4.89 Å². The number of para-hydroxylation sites is 4. The number of nitrogens with zero attached hydrogens (tertiary/aromatic N) is 3. The Morgan fingerprint density at radius 3 is 1.47 bits per heavy atom. The molecule has 3 unspecified atom stereocenters. The predicted octanol–water partition coefficient (Wildman–Crippen LogP) is 12.6. The van der Waals surface area contributed by atoms with E-state index in [0.717, 1.165) is 22.3 Å². The molecule has 8 nitrogen and oxygen atoms in total. The minimum Gasteiger partial charge on any atom is -0.441 e. The van der Waals surface area contributed by atoms with Crippen LogP contribution in [0.3, 0.4) is 0 Å². The zero-order valence-electron chi connectivity index (χ0n) is 28.1. The fourth-order valence-corrected chi connectivity index (χ4v) is 15.1. The zero-order chi connectivity index (χ0) is 35.6. The maximum Gasteiger partial charge on any atom is 0.457 e.